The number of ether oxygens (including phenoxy) is 1. The fourth-order valence-corrected chi connectivity index (χ4v) is 4.99. The molecule has 4 atom stereocenters. The highest BCUT2D eigenvalue weighted by Crippen LogP contribution is 2.52. The second-order valence-electron chi connectivity index (χ2n) is 8.48. The van der Waals surface area contributed by atoms with Gasteiger partial charge in [0.05, 0.1) is 18.4 Å². The molecule has 1 aliphatic heterocycles. The van der Waals surface area contributed by atoms with Crippen LogP contribution < -0.4 is 15.4 Å². The number of halogens is 1. The van der Waals surface area contributed by atoms with E-state index in [4.69, 9.17) is 4.74 Å². The Hall–Kier alpha value is -2.10. The number of hydrogen-bond donors (Lipinski definition) is 2. The summed E-state index contributed by atoms with van der Waals surface area (Å²) in [5, 5.41) is 6.49. The molecule has 1 saturated carbocycles. The summed E-state index contributed by atoms with van der Waals surface area (Å²) in [4.78, 5) is 31.5. The number of aryl methyl sites for hydroxylation is 1. The van der Waals surface area contributed by atoms with E-state index >= 15 is 0 Å². The Morgan fingerprint density at radius 3 is 2.47 bits per heavy atom. The van der Waals surface area contributed by atoms with Gasteiger partial charge in [0.15, 0.2) is 5.96 Å². The van der Waals surface area contributed by atoms with Crippen LogP contribution in [-0.4, -0.2) is 55.5 Å². The Balaban J connectivity index is 0.00000289. The first-order valence-electron chi connectivity index (χ1n) is 11.3. The van der Waals surface area contributed by atoms with E-state index in [0.29, 0.717) is 38.6 Å². The monoisotopic (exact) mass is 552 g/mol. The van der Waals surface area contributed by atoms with Gasteiger partial charge < -0.3 is 15.4 Å². The third kappa shape index (κ3) is 5.10. The lowest BCUT2D eigenvalue weighted by Gasteiger charge is -2.17. The lowest BCUT2D eigenvalue weighted by Crippen LogP contribution is -2.39. The van der Waals surface area contributed by atoms with Crippen molar-refractivity contribution in [3.63, 3.8) is 0 Å². The summed E-state index contributed by atoms with van der Waals surface area (Å²) in [6.07, 6.45) is 5.89. The van der Waals surface area contributed by atoms with Crippen molar-refractivity contribution in [1.82, 2.24) is 15.5 Å². The highest BCUT2D eigenvalue weighted by atomic mass is 127. The molecule has 2 fully saturated rings. The van der Waals surface area contributed by atoms with E-state index in [0.717, 1.165) is 24.3 Å². The molecule has 1 saturated heterocycles. The van der Waals surface area contributed by atoms with Gasteiger partial charge in [0, 0.05) is 19.6 Å². The molecule has 3 aliphatic rings. The van der Waals surface area contributed by atoms with E-state index in [-0.39, 0.29) is 59.5 Å². The van der Waals surface area contributed by atoms with E-state index in [1.54, 1.807) is 0 Å². The molecule has 4 unspecified atom stereocenters. The number of nitrogens with one attached hydrogen (secondary N) is 2. The molecular weight excluding hydrogens is 519 g/mol. The Morgan fingerprint density at radius 1 is 1.12 bits per heavy atom. The smallest absolute Gasteiger partial charge is 0.233 e. The van der Waals surface area contributed by atoms with Gasteiger partial charge in [-0.1, -0.05) is 30.4 Å². The van der Waals surface area contributed by atoms with Gasteiger partial charge in [0.2, 0.25) is 11.8 Å². The zero-order valence-corrected chi connectivity index (χ0v) is 21.1. The maximum Gasteiger partial charge on any atom is 0.233 e. The predicted molar refractivity (Wildman–Crippen MR) is 135 cm³/mol. The number of fused-ring (bicyclic) bond motifs is 5. The van der Waals surface area contributed by atoms with Crippen LogP contribution in [0.15, 0.2) is 41.4 Å². The third-order valence-corrected chi connectivity index (χ3v) is 6.46. The van der Waals surface area contributed by atoms with E-state index in [9.17, 15) is 9.59 Å². The number of aliphatic imine (C=N–C) groups is 1. The lowest BCUT2D eigenvalue weighted by atomic mass is 9.85. The molecule has 8 heteroatoms. The summed E-state index contributed by atoms with van der Waals surface area (Å²) in [7, 11) is 0. The molecule has 0 spiro atoms. The zero-order valence-electron chi connectivity index (χ0n) is 18.8. The van der Waals surface area contributed by atoms with Crippen LogP contribution in [0.25, 0.3) is 0 Å². The SMILES string of the molecule is CCNC(=NCCCN1C(=O)C2C3C=CC(C3)C2C1=O)NCCOc1ccccc1C.I. The van der Waals surface area contributed by atoms with Crippen molar-refractivity contribution >= 4 is 41.8 Å². The van der Waals surface area contributed by atoms with Crippen molar-refractivity contribution in [3.8, 4) is 5.75 Å². The number of nitrogens with zero attached hydrogens (tertiary/aromatic N) is 2. The van der Waals surface area contributed by atoms with Crippen LogP contribution in [0.5, 0.6) is 5.75 Å². The Morgan fingerprint density at radius 2 is 1.81 bits per heavy atom. The first kappa shape index (κ1) is 24.5. The van der Waals surface area contributed by atoms with Crippen LogP contribution in [0.1, 0.15) is 25.3 Å². The van der Waals surface area contributed by atoms with Crippen molar-refractivity contribution in [3.05, 3.63) is 42.0 Å². The minimum atomic E-state index is -0.113. The number of benzene rings is 1. The number of carbonyl (C=O) groups excluding carboxylic acids is 2. The number of allylic oxidation sites excluding steroid dienone is 2. The van der Waals surface area contributed by atoms with E-state index in [1.165, 1.54) is 4.90 Å². The standard InChI is InChI=1S/C24H32N4O3.HI/c1-3-25-24(27-12-14-31-19-8-5-4-7-16(19)2)26-11-6-13-28-22(29)20-17-9-10-18(15-17)21(20)23(28)30;/h4-5,7-10,17-18,20-21H,3,6,11-15H2,1-2H3,(H2,25,26,27);1H. The Kier molecular flexibility index (Phi) is 8.56. The number of imide groups is 1. The molecule has 2 bridgehead atoms. The van der Waals surface area contributed by atoms with Crippen LogP contribution >= 0.6 is 24.0 Å². The third-order valence-electron chi connectivity index (χ3n) is 6.46. The predicted octanol–water partition coefficient (Wildman–Crippen LogP) is 2.74. The molecule has 7 nitrogen and oxygen atoms in total. The maximum atomic E-state index is 12.7. The number of guanidine groups is 1. The van der Waals surface area contributed by atoms with Crippen molar-refractivity contribution in [2.24, 2.45) is 28.7 Å². The number of hydrogen-bond acceptors (Lipinski definition) is 4. The van der Waals surface area contributed by atoms with Gasteiger partial charge >= 0.3 is 0 Å². The molecule has 2 N–H and O–H groups in total. The number of rotatable bonds is 9. The van der Waals surface area contributed by atoms with Gasteiger partial charge in [-0.2, -0.15) is 0 Å². The van der Waals surface area contributed by atoms with Crippen molar-refractivity contribution in [1.29, 1.82) is 0 Å². The van der Waals surface area contributed by atoms with E-state index in [2.05, 4.69) is 27.8 Å². The Labute approximate surface area is 207 Å². The molecule has 1 aromatic rings. The molecule has 4 rings (SSSR count). The van der Waals surface area contributed by atoms with E-state index in [1.807, 2.05) is 38.1 Å². The van der Waals surface area contributed by atoms with Gasteiger partial charge in [0.1, 0.15) is 12.4 Å². The summed E-state index contributed by atoms with van der Waals surface area (Å²) in [6.45, 7) is 6.96. The first-order chi connectivity index (χ1) is 15.1. The average Bonchev–Trinajstić information content (AvgIpc) is 3.44. The normalized spacial score (nSPS) is 25.7. The molecule has 1 aromatic carbocycles. The van der Waals surface area contributed by atoms with Crippen LogP contribution in [-0.2, 0) is 9.59 Å². The van der Waals surface area contributed by atoms with Crippen LogP contribution in [0.2, 0.25) is 0 Å². The lowest BCUT2D eigenvalue weighted by molar-refractivity contribution is -0.140. The summed E-state index contributed by atoms with van der Waals surface area (Å²) in [5.74, 6) is 1.95. The minimum Gasteiger partial charge on any atom is -0.491 e. The minimum absolute atomic E-state index is 0. The van der Waals surface area contributed by atoms with Crippen molar-refractivity contribution < 1.29 is 14.3 Å². The molecule has 0 aromatic heterocycles. The molecular formula is C24H33IN4O3. The molecule has 32 heavy (non-hydrogen) atoms. The summed E-state index contributed by atoms with van der Waals surface area (Å²) < 4.78 is 5.81. The number of likely N-dealkylation sites (tertiary alicyclic amines) is 1. The van der Waals surface area contributed by atoms with Gasteiger partial charge in [-0.25, -0.2) is 0 Å². The van der Waals surface area contributed by atoms with Crippen LogP contribution in [0.4, 0.5) is 0 Å². The van der Waals surface area contributed by atoms with Gasteiger partial charge in [-0.05, 0) is 50.2 Å². The average molecular weight is 552 g/mol. The second kappa shape index (κ2) is 11.2. The highest BCUT2D eigenvalue weighted by molar-refractivity contribution is 14.0. The number of carbonyl (C=O) groups is 2. The molecule has 2 aliphatic carbocycles. The summed E-state index contributed by atoms with van der Waals surface area (Å²) in [6, 6.07) is 7.95. The topological polar surface area (TPSA) is 83.0 Å². The number of para-hydroxylation sites is 1. The Bertz CT molecular complexity index is 858. The summed E-state index contributed by atoms with van der Waals surface area (Å²) in [5.41, 5.74) is 1.11. The molecule has 1 heterocycles. The summed E-state index contributed by atoms with van der Waals surface area (Å²) >= 11 is 0. The fraction of sp³-hybridized carbons (Fsp3) is 0.542. The fourth-order valence-electron chi connectivity index (χ4n) is 4.99. The second-order valence-corrected chi connectivity index (χ2v) is 8.48. The molecule has 174 valence electrons. The van der Waals surface area contributed by atoms with Crippen LogP contribution in [0, 0.1) is 30.6 Å². The quantitative estimate of drug-likeness (QED) is 0.123. The van der Waals surface area contributed by atoms with Gasteiger partial charge in [-0.3, -0.25) is 19.5 Å². The molecule has 0 radical (unpaired) electrons. The zero-order chi connectivity index (χ0) is 21.8. The first-order valence-corrected chi connectivity index (χ1v) is 11.3. The highest BCUT2D eigenvalue weighted by Gasteiger charge is 2.58. The number of amides is 2. The van der Waals surface area contributed by atoms with Gasteiger partial charge in [-0.15, -0.1) is 24.0 Å². The molecule has 2 amide bonds. The maximum absolute atomic E-state index is 12.7. The van der Waals surface area contributed by atoms with E-state index < -0.39 is 0 Å². The largest absolute Gasteiger partial charge is 0.491 e. The van der Waals surface area contributed by atoms with Gasteiger partial charge in [0.25, 0.3) is 0 Å². The van der Waals surface area contributed by atoms with Crippen molar-refractivity contribution in [2.45, 2.75) is 26.7 Å². The van der Waals surface area contributed by atoms with Crippen LogP contribution in [0.3, 0.4) is 0 Å². The van der Waals surface area contributed by atoms with Crippen molar-refractivity contribution in [2.75, 3.05) is 32.8 Å².